The van der Waals surface area contributed by atoms with Crippen LogP contribution in [0, 0.1) is 0 Å². The molecule has 4 aromatic rings. The summed E-state index contributed by atoms with van der Waals surface area (Å²) >= 11 is 6.02. The van der Waals surface area contributed by atoms with Gasteiger partial charge in [-0.25, -0.2) is 4.79 Å². The molecule has 4 rings (SSSR count). The summed E-state index contributed by atoms with van der Waals surface area (Å²) in [6.45, 7) is 3.13. The van der Waals surface area contributed by atoms with E-state index in [9.17, 15) is 9.90 Å². The minimum absolute atomic E-state index is 0.259. The Balaban J connectivity index is 1.58. The van der Waals surface area contributed by atoms with Gasteiger partial charge in [-0.05, 0) is 49.1 Å². The molecule has 32 heavy (non-hydrogen) atoms. The monoisotopic (exact) mass is 446 g/mol. The van der Waals surface area contributed by atoms with Crippen LogP contribution in [0.2, 0.25) is 5.02 Å². The van der Waals surface area contributed by atoms with Gasteiger partial charge in [0, 0.05) is 40.6 Å². The molecule has 1 atom stereocenters. The summed E-state index contributed by atoms with van der Waals surface area (Å²) in [5, 5.41) is 15.3. The lowest BCUT2D eigenvalue weighted by Crippen LogP contribution is -2.27. The third-order valence-corrected chi connectivity index (χ3v) is 6.12. The number of hydrogen-bond donors (Lipinski definition) is 2. The van der Waals surface area contributed by atoms with Gasteiger partial charge in [-0.3, -0.25) is 0 Å². The molecule has 1 unspecified atom stereocenters. The molecule has 0 saturated heterocycles. The van der Waals surface area contributed by atoms with E-state index >= 15 is 0 Å². The Morgan fingerprint density at radius 1 is 0.969 bits per heavy atom. The van der Waals surface area contributed by atoms with Crippen LogP contribution in [-0.4, -0.2) is 21.7 Å². The second-order valence-electron chi connectivity index (χ2n) is 8.17. The number of fused-ring (bicyclic) bond motifs is 1. The van der Waals surface area contributed by atoms with Crippen molar-refractivity contribution in [3.05, 3.63) is 106 Å². The van der Waals surface area contributed by atoms with Gasteiger partial charge >= 0.3 is 5.97 Å². The minimum Gasteiger partial charge on any atom is -0.477 e. The second kappa shape index (κ2) is 10.0. The second-order valence-corrected chi connectivity index (χ2v) is 8.60. The van der Waals surface area contributed by atoms with Crippen molar-refractivity contribution in [3.63, 3.8) is 0 Å². The predicted octanol–water partition coefficient (Wildman–Crippen LogP) is 6.15. The normalized spacial score (nSPS) is 12.2. The van der Waals surface area contributed by atoms with Crippen LogP contribution in [0.25, 0.3) is 10.9 Å². The number of carbonyl (C=O) groups is 1. The van der Waals surface area contributed by atoms with E-state index in [2.05, 4.69) is 36.5 Å². The maximum Gasteiger partial charge on any atom is 0.352 e. The molecule has 164 valence electrons. The van der Waals surface area contributed by atoms with Crippen LogP contribution in [-0.2, 0) is 19.5 Å². The van der Waals surface area contributed by atoms with Gasteiger partial charge in [0.2, 0.25) is 0 Å². The number of carboxylic acids is 1. The fourth-order valence-corrected chi connectivity index (χ4v) is 4.27. The fourth-order valence-electron chi connectivity index (χ4n) is 4.14. The number of aryl methyl sites for hydroxylation is 1. The standard InChI is InChI=1S/C27H27ClN2O2/c1-19(11-12-20-7-3-2-4-8-20)29-17-24-23-9-5-6-10-25(23)30(26(24)27(31)32)18-21-13-15-22(28)16-14-21/h2-10,13-16,19,29H,11-12,17-18H2,1H3,(H,31,32). The molecule has 2 N–H and O–H groups in total. The van der Waals surface area contributed by atoms with E-state index in [-0.39, 0.29) is 6.04 Å². The molecular formula is C27H27ClN2O2. The van der Waals surface area contributed by atoms with Crippen molar-refractivity contribution in [2.45, 2.75) is 38.9 Å². The lowest BCUT2D eigenvalue weighted by molar-refractivity contribution is 0.0684. The SMILES string of the molecule is CC(CCc1ccccc1)NCc1c(C(=O)O)n(Cc2ccc(Cl)cc2)c2ccccc12. The quantitative estimate of drug-likeness (QED) is 0.324. The van der Waals surface area contributed by atoms with Crippen molar-refractivity contribution in [3.8, 4) is 0 Å². The molecule has 0 radical (unpaired) electrons. The predicted molar refractivity (Wildman–Crippen MR) is 131 cm³/mol. The number of benzene rings is 3. The summed E-state index contributed by atoms with van der Waals surface area (Å²) in [6.07, 6.45) is 1.97. The highest BCUT2D eigenvalue weighted by Gasteiger charge is 2.22. The van der Waals surface area contributed by atoms with Crippen LogP contribution in [0.4, 0.5) is 0 Å². The van der Waals surface area contributed by atoms with Crippen LogP contribution < -0.4 is 5.32 Å². The van der Waals surface area contributed by atoms with Gasteiger partial charge in [0.25, 0.3) is 0 Å². The average Bonchev–Trinajstić information content (AvgIpc) is 3.12. The number of nitrogens with zero attached hydrogens (tertiary/aromatic N) is 1. The van der Waals surface area contributed by atoms with Gasteiger partial charge in [-0.1, -0.05) is 72.3 Å². The number of halogens is 1. The Morgan fingerprint density at radius 2 is 1.66 bits per heavy atom. The molecule has 0 aliphatic rings. The topological polar surface area (TPSA) is 54.3 Å². The number of carboxylic acid groups (broad SMARTS) is 1. The van der Waals surface area contributed by atoms with Crippen molar-refractivity contribution >= 4 is 28.5 Å². The van der Waals surface area contributed by atoms with Gasteiger partial charge < -0.3 is 15.0 Å². The zero-order chi connectivity index (χ0) is 22.5. The first-order valence-corrected chi connectivity index (χ1v) is 11.3. The van der Waals surface area contributed by atoms with Gasteiger partial charge in [-0.15, -0.1) is 0 Å². The Bertz CT molecular complexity index is 1200. The molecule has 0 spiro atoms. The summed E-state index contributed by atoms with van der Waals surface area (Å²) in [4.78, 5) is 12.3. The van der Waals surface area contributed by atoms with Crippen LogP contribution in [0.15, 0.2) is 78.9 Å². The summed E-state index contributed by atoms with van der Waals surface area (Å²) in [6, 6.07) is 26.1. The summed E-state index contributed by atoms with van der Waals surface area (Å²) < 4.78 is 1.90. The summed E-state index contributed by atoms with van der Waals surface area (Å²) in [5.41, 5.74) is 4.41. The molecule has 4 nitrogen and oxygen atoms in total. The zero-order valence-electron chi connectivity index (χ0n) is 18.1. The number of para-hydroxylation sites is 1. The van der Waals surface area contributed by atoms with Crippen LogP contribution in [0.5, 0.6) is 0 Å². The van der Waals surface area contributed by atoms with Gasteiger partial charge in [0.05, 0.1) is 0 Å². The first-order valence-electron chi connectivity index (χ1n) is 10.9. The summed E-state index contributed by atoms with van der Waals surface area (Å²) in [7, 11) is 0. The van der Waals surface area contributed by atoms with E-state index in [1.807, 2.05) is 59.2 Å². The number of nitrogens with one attached hydrogen (secondary N) is 1. The Labute approximate surface area is 193 Å². The molecule has 0 amide bonds. The Morgan fingerprint density at radius 3 is 2.38 bits per heavy atom. The number of hydrogen-bond acceptors (Lipinski definition) is 2. The third kappa shape index (κ3) is 5.04. The molecule has 1 aromatic heterocycles. The first kappa shape index (κ1) is 22.1. The molecule has 5 heteroatoms. The fraction of sp³-hybridized carbons (Fsp3) is 0.222. The minimum atomic E-state index is -0.913. The third-order valence-electron chi connectivity index (χ3n) is 5.87. The van der Waals surface area contributed by atoms with Crippen molar-refractivity contribution < 1.29 is 9.90 Å². The highest BCUT2D eigenvalue weighted by molar-refractivity contribution is 6.30. The molecule has 0 fully saturated rings. The van der Waals surface area contributed by atoms with E-state index < -0.39 is 5.97 Å². The van der Waals surface area contributed by atoms with Crippen molar-refractivity contribution in [2.24, 2.45) is 0 Å². The molecule has 0 bridgehead atoms. The lowest BCUT2D eigenvalue weighted by atomic mass is 10.1. The van der Waals surface area contributed by atoms with E-state index in [1.165, 1.54) is 5.56 Å². The molecule has 3 aromatic carbocycles. The molecule has 0 aliphatic heterocycles. The van der Waals surface area contributed by atoms with Gasteiger partial charge in [0.1, 0.15) is 5.69 Å². The summed E-state index contributed by atoms with van der Waals surface area (Å²) in [5.74, 6) is -0.913. The average molecular weight is 447 g/mol. The van der Waals surface area contributed by atoms with Crippen LogP contribution in [0.3, 0.4) is 0 Å². The number of rotatable bonds is 9. The van der Waals surface area contributed by atoms with E-state index in [0.29, 0.717) is 23.8 Å². The largest absolute Gasteiger partial charge is 0.477 e. The number of aromatic nitrogens is 1. The Hall–Kier alpha value is -3.08. The zero-order valence-corrected chi connectivity index (χ0v) is 18.8. The number of aromatic carboxylic acids is 1. The molecule has 0 aliphatic carbocycles. The Kier molecular flexibility index (Phi) is 6.93. The highest BCUT2D eigenvalue weighted by atomic mass is 35.5. The van der Waals surface area contributed by atoms with Crippen LogP contribution >= 0.6 is 11.6 Å². The maximum atomic E-state index is 12.3. The van der Waals surface area contributed by atoms with E-state index in [0.717, 1.165) is 34.9 Å². The first-order chi connectivity index (χ1) is 15.5. The van der Waals surface area contributed by atoms with Crippen LogP contribution in [0.1, 0.15) is 40.5 Å². The highest BCUT2D eigenvalue weighted by Crippen LogP contribution is 2.28. The lowest BCUT2D eigenvalue weighted by Gasteiger charge is -2.15. The molecular weight excluding hydrogens is 420 g/mol. The smallest absolute Gasteiger partial charge is 0.352 e. The molecule has 0 saturated carbocycles. The maximum absolute atomic E-state index is 12.3. The van der Waals surface area contributed by atoms with Crippen molar-refractivity contribution in [1.29, 1.82) is 0 Å². The molecule has 1 heterocycles. The van der Waals surface area contributed by atoms with E-state index in [4.69, 9.17) is 11.6 Å². The van der Waals surface area contributed by atoms with E-state index in [1.54, 1.807) is 0 Å². The van der Waals surface area contributed by atoms with Crippen molar-refractivity contribution in [1.82, 2.24) is 9.88 Å². The van der Waals surface area contributed by atoms with Gasteiger partial charge in [0.15, 0.2) is 0 Å². The van der Waals surface area contributed by atoms with Gasteiger partial charge in [-0.2, -0.15) is 0 Å². The van der Waals surface area contributed by atoms with Crippen molar-refractivity contribution in [2.75, 3.05) is 0 Å².